The van der Waals surface area contributed by atoms with E-state index in [0.717, 1.165) is 16.7 Å². The van der Waals surface area contributed by atoms with E-state index in [2.05, 4.69) is 0 Å². The molecule has 0 bridgehead atoms. The van der Waals surface area contributed by atoms with Crippen molar-refractivity contribution >= 4 is 23.6 Å². The molecule has 9 heteroatoms. The number of benzene rings is 2. The van der Waals surface area contributed by atoms with Crippen LogP contribution in [-0.4, -0.2) is 46.3 Å². The predicted octanol–water partition coefficient (Wildman–Crippen LogP) is 1.77. The van der Waals surface area contributed by atoms with Crippen LogP contribution >= 0.6 is 0 Å². The van der Waals surface area contributed by atoms with Crippen LogP contribution in [0, 0.1) is 0 Å². The molecule has 0 spiro atoms. The third-order valence-corrected chi connectivity index (χ3v) is 5.16. The van der Waals surface area contributed by atoms with E-state index in [1.807, 2.05) is 18.2 Å². The van der Waals surface area contributed by atoms with Crippen LogP contribution in [0.15, 0.2) is 36.4 Å². The van der Waals surface area contributed by atoms with Gasteiger partial charge in [0.2, 0.25) is 0 Å². The largest absolute Gasteiger partial charge is 0.482 e. The first-order chi connectivity index (χ1) is 14.0. The van der Waals surface area contributed by atoms with Crippen molar-refractivity contribution in [3.8, 4) is 5.75 Å². The van der Waals surface area contributed by atoms with Crippen molar-refractivity contribution in [1.29, 1.82) is 0 Å². The van der Waals surface area contributed by atoms with E-state index in [1.54, 1.807) is 16.4 Å². The average molecular weight is 397 g/mol. The zero-order valence-corrected chi connectivity index (χ0v) is 15.4. The molecule has 0 aliphatic carbocycles. The highest BCUT2D eigenvalue weighted by atomic mass is 16.5. The van der Waals surface area contributed by atoms with Gasteiger partial charge in [-0.2, -0.15) is 0 Å². The van der Waals surface area contributed by atoms with Crippen LogP contribution in [0.5, 0.6) is 5.75 Å². The first-order valence-electron chi connectivity index (χ1n) is 9.06. The highest BCUT2D eigenvalue weighted by Crippen LogP contribution is 2.34. The first kappa shape index (κ1) is 18.8. The molecule has 0 saturated carbocycles. The van der Waals surface area contributed by atoms with Crippen LogP contribution in [0.1, 0.15) is 27.0 Å². The summed E-state index contributed by atoms with van der Waals surface area (Å²) < 4.78 is 5.45. The summed E-state index contributed by atoms with van der Waals surface area (Å²) in [7, 11) is 0. The topological polar surface area (TPSA) is 119 Å². The standard InChI is InChI=1S/C20H19N3O6/c24-18-11-29-17-4-3-14(19(25)21-28)8-16(17)23(18)9-12-1-2-15-10-22(20(26)27)6-5-13(15)7-12/h1-4,7-8,28H,5-6,9-11H2,(H,21,25)(H,26,27). The second-order valence-corrected chi connectivity index (χ2v) is 6.95. The van der Waals surface area contributed by atoms with Gasteiger partial charge in [-0.25, -0.2) is 10.3 Å². The molecule has 0 saturated heterocycles. The number of carboxylic acid groups (broad SMARTS) is 1. The van der Waals surface area contributed by atoms with Crippen molar-refractivity contribution in [3.63, 3.8) is 0 Å². The molecular weight excluding hydrogens is 378 g/mol. The van der Waals surface area contributed by atoms with E-state index in [1.165, 1.54) is 17.0 Å². The number of rotatable bonds is 3. The minimum absolute atomic E-state index is 0.100. The smallest absolute Gasteiger partial charge is 0.407 e. The van der Waals surface area contributed by atoms with Gasteiger partial charge in [0.15, 0.2) is 6.61 Å². The van der Waals surface area contributed by atoms with Crippen LogP contribution in [-0.2, 0) is 24.3 Å². The number of fused-ring (bicyclic) bond motifs is 2. The summed E-state index contributed by atoms with van der Waals surface area (Å²) in [5, 5.41) is 18.0. The van der Waals surface area contributed by atoms with Crippen LogP contribution < -0.4 is 15.1 Å². The van der Waals surface area contributed by atoms with Gasteiger partial charge in [0.1, 0.15) is 5.75 Å². The zero-order chi connectivity index (χ0) is 20.5. The molecule has 2 aliphatic rings. The van der Waals surface area contributed by atoms with Gasteiger partial charge in [0, 0.05) is 18.7 Å². The number of ether oxygens (including phenoxy) is 1. The lowest BCUT2D eigenvalue weighted by Gasteiger charge is -2.31. The van der Waals surface area contributed by atoms with Crippen LogP contribution in [0.3, 0.4) is 0 Å². The molecule has 2 aromatic rings. The van der Waals surface area contributed by atoms with Crippen molar-refractivity contribution < 1.29 is 29.4 Å². The Kier molecular flexibility index (Phi) is 4.81. The van der Waals surface area contributed by atoms with Gasteiger partial charge in [-0.05, 0) is 41.3 Å². The summed E-state index contributed by atoms with van der Waals surface area (Å²) in [5.74, 6) is -0.439. The van der Waals surface area contributed by atoms with E-state index in [4.69, 9.17) is 15.1 Å². The van der Waals surface area contributed by atoms with Gasteiger partial charge >= 0.3 is 6.09 Å². The fourth-order valence-electron chi connectivity index (χ4n) is 3.63. The van der Waals surface area contributed by atoms with Crippen LogP contribution in [0.4, 0.5) is 10.5 Å². The Balaban J connectivity index is 1.61. The normalized spacial score (nSPS) is 15.3. The molecule has 3 N–H and O–H groups in total. The number of hydroxylamine groups is 1. The number of nitrogens with one attached hydrogen (secondary N) is 1. The molecule has 2 heterocycles. The summed E-state index contributed by atoms with van der Waals surface area (Å²) in [6.07, 6.45) is -0.317. The van der Waals surface area contributed by atoms with Gasteiger partial charge in [-0.15, -0.1) is 0 Å². The Morgan fingerprint density at radius 2 is 1.97 bits per heavy atom. The number of carbonyl (C=O) groups is 3. The molecule has 0 fully saturated rings. The second kappa shape index (κ2) is 7.44. The molecule has 0 aromatic heterocycles. The molecule has 2 aromatic carbocycles. The monoisotopic (exact) mass is 397 g/mol. The van der Waals surface area contributed by atoms with Crippen molar-refractivity contribution in [2.45, 2.75) is 19.5 Å². The van der Waals surface area contributed by atoms with Gasteiger partial charge in [-0.3, -0.25) is 14.8 Å². The van der Waals surface area contributed by atoms with Crippen LogP contribution in [0.2, 0.25) is 0 Å². The number of hydrogen-bond acceptors (Lipinski definition) is 5. The minimum atomic E-state index is -0.932. The van der Waals surface area contributed by atoms with E-state index in [9.17, 15) is 14.4 Å². The molecule has 9 nitrogen and oxygen atoms in total. The molecule has 3 amide bonds. The number of carbonyl (C=O) groups excluding carboxylic acids is 2. The summed E-state index contributed by atoms with van der Waals surface area (Å²) in [6.45, 7) is 0.973. The molecule has 2 aliphatic heterocycles. The van der Waals surface area contributed by atoms with Crippen molar-refractivity contribution in [2.75, 3.05) is 18.1 Å². The lowest BCUT2D eigenvalue weighted by molar-refractivity contribution is -0.121. The first-order valence-corrected chi connectivity index (χ1v) is 9.06. The fraction of sp³-hybridized carbons (Fsp3) is 0.250. The lowest BCUT2D eigenvalue weighted by Crippen LogP contribution is -2.38. The van der Waals surface area contributed by atoms with Gasteiger partial charge in [0.05, 0.1) is 12.2 Å². The third kappa shape index (κ3) is 3.59. The fourth-order valence-corrected chi connectivity index (χ4v) is 3.63. The number of amides is 3. The summed E-state index contributed by atoms with van der Waals surface area (Å²) >= 11 is 0. The Labute approximate surface area is 166 Å². The second-order valence-electron chi connectivity index (χ2n) is 6.95. The Bertz CT molecular complexity index is 1010. The van der Waals surface area contributed by atoms with Gasteiger partial charge in [0.25, 0.3) is 11.8 Å². The SMILES string of the molecule is O=C(NO)c1ccc2c(c1)N(Cc1ccc3c(c1)CCN(C(=O)O)C3)C(=O)CO2. The maximum Gasteiger partial charge on any atom is 0.407 e. The molecule has 150 valence electrons. The van der Waals surface area contributed by atoms with E-state index in [0.29, 0.717) is 30.9 Å². The molecule has 29 heavy (non-hydrogen) atoms. The highest BCUT2D eigenvalue weighted by molar-refractivity contribution is 6.01. The number of anilines is 1. The predicted molar refractivity (Wildman–Crippen MR) is 101 cm³/mol. The Morgan fingerprint density at radius 3 is 2.72 bits per heavy atom. The van der Waals surface area contributed by atoms with Crippen molar-refractivity contribution in [3.05, 3.63) is 58.7 Å². The third-order valence-electron chi connectivity index (χ3n) is 5.16. The van der Waals surface area contributed by atoms with E-state index >= 15 is 0 Å². The molecule has 0 unspecified atom stereocenters. The summed E-state index contributed by atoms with van der Waals surface area (Å²) in [4.78, 5) is 38.3. The number of nitrogens with zero attached hydrogens (tertiary/aromatic N) is 2. The van der Waals surface area contributed by atoms with Crippen molar-refractivity contribution in [1.82, 2.24) is 10.4 Å². The zero-order valence-electron chi connectivity index (χ0n) is 15.4. The lowest BCUT2D eigenvalue weighted by atomic mass is 9.97. The Morgan fingerprint density at radius 1 is 1.14 bits per heavy atom. The molecule has 0 radical (unpaired) electrons. The van der Waals surface area contributed by atoms with Crippen molar-refractivity contribution in [2.24, 2.45) is 0 Å². The van der Waals surface area contributed by atoms with Gasteiger partial charge in [-0.1, -0.05) is 18.2 Å². The highest BCUT2D eigenvalue weighted by Gasteiger charge is 2.27. The summed E-state index contributed by atoms with van der Waals surface area (Å²) in [5.41, 5.74) is 5.15. The van der Waals surface area contributed by atoms with Crippen LogP contribution in [0.25, 0.3) is 0 Å². The Hall–Kier alpha value is -3.59. The quantitative estimate of drug-likeness (QED) is 0.536. The maximum absolute atomic E-state index is 12.5. The molecule has 0 atom stereocenters. The summed E-state index contributed by atoms with van der Waals surface area (Å²) in [6, 6.07) is 10.3. The number of hydrogen-bond donors (Lipinski definition) is 3. The van der Waals surface area contributed by atoms with Gasteiger partial charge < -0.3 is 19.6 Å². The molecular formula is C20H19N3O6. The maximum atomic E-state index is 12.5. The average Bonchev–Trinajstić information content (AvgIpc) is 2.74. The van der Waals surface area contributed by atoms with E-state index in [-0.39, 0.29) is 24.6 Å². The minimum Gasteiger partial charge on any atom is -0.482 e. The molecule has 4 rings (SSSR count). The van der Waals surface area contributed by atoms with E-state index < -0.39 is 12.0 Å².